The van der Waals surface area contributed by atoms with Gasteiger partial charge in [0.15, 0.2) is 25.5 Å². The molecule has 5 nitrogen and oxygen atoms in total. The summed E-state index contributed by atoms with van der Waals surface area (Å²) in [7, 11) is 0. The minimum atomic E-state index is -1.78. The monoisotopic (exact) mass is 691 g/mol. The summed E-state index contributed by atoms with van der Waals surface area (Å²) in [6.07, 6.45) is 1.80. The van der Waals surface area contributed by atoms with Crippen molar-refractivity contribution in [3.8, 4) is 0 Å². The van der Waals surface area contributed by atoms with Crippen molar-refractivity contribution in [1.82, 2.24) is 4.90 Å². The normalized spacial score (nSPS) is 21.2. The first-order chi connectivity index (χ1) is 10.5. The Balaban J connectivity index is 2.26. The van der Waals surface area contributed by atoms with E-state index in [0.29, 0.717) is 22.0 Å². The molecule has 0 aliphatic carbocycles. The molecule has 0 aromatic heterocycles. The van der Waals surface area contributed by atoms with Crippen LogP contribution in [0.3, 0.4) is 0 Å². The second kappa shape index (κ2) is 6.44. The fraction of sp³-hybridized carbons (Fsp3) is 0.200. The average Bonchev–Trinajstić information content (AvgIpc) is 2.41. The Morgan fingerprint density at radius 2 is 1.57 bits per heavy atom. The Morgan fingerprint density at radius 1 is 0.913 bits per heavy atom. The summed E-state index contributed by atoms with van der Waals surface area (Å²) in [5, 5.41) is 0. The maximum atomic E-state index is 5.93. The molecule has 0 atom stereocenters. The van der Waals surface area contributed by atoms with E-state index in [4.69, 9.17) is 34.8 Å². The van der Waals surface area contributed by atoms with Crippen molar-refractivity contribution in [1.29, 1.82) is 0 Å². The lowest BCUT2D eigenvalue weighted by atomic mass is 10.2. The van der Waals surface area contributed by atoms with Gasteiger partial charge in [0.25, 0.3) is 0 Å². The van der Waals surface area contributed by atoms with Crippen LogP contribution in [0, 0.1) is 0 Å². The van der Waals surface area contributed by atoms with E-state index >= 15 is 0 Å². The number of alkyl halides is 6. The molecule has 0 aromatic carbocycles. The van der Waals surface area contributed by atoms with Crippen molar-refractivity contribution in [2.24, 2.45) is 20.0 Å². The molecule has 0 radical (unpaired) electrons. The Labute approximate surface area is 187 Å². The number of aliphatic imine (C=N–C) groups is 4. The Kier molecular flexibility index (Phi) is 5.32. The van der Waals surface area contributed by atoms with E-state index in [-0.39, 0.29) is 11.8 Å². The van der Waals surface area contributed by atoms with Crippen LogP contribution in [-0.4, -0.2) is 34.3 Å². The van der Waals surface area contributed by atoms with Crippen LogP contribution < -0.4 is 0 Å². The SMILES string of the molecule is ClC(Cl)(Cl)C1=NC2=C(Br)C=C(Br)C3=NC(C(Br)(Br)Br)=NC(=N1)N32. The average molecular weight is 697 g/mol. The summed E-state index contributed by atoms with van der Waals surface area (Å²) >= 11 is 34.9. The fourth-order valence-electron chi connectivity index (χ4n) is 1.77. The molecule has 0 N–H and O–H groups in total. The third-order valence-corrected chi connectivity index (χ3v) is 5.38. The number of hydrogen-bond donors (Lipinski definition) is 0. The van der Waals surface area contributed by atoms with Crippen LogP contribution in [0.25, 0.3) is 0 Å². The van der Waals surface area contributed by atoms with Gasteiger partial charge in [-0.25, -0.2) is 14.9 Å². The second-order valence-corrected chi connectivity index (χ2v) is 15.0. The van der Waals surface area contributed by atoms with Gasteiger partial charge < -0.3 is 0 Å². The highest BCUT2D eigenvalue weighted by molar-refractivity contribution is 9.40. The Bertz CT molecular complexity index is 784. The fourth-order valence-corrected chi connectivity index (χ4v) is 3.85. The van der Waals surface area contributed by atoms with Crippen LogP contribution in [0.15, 0.2) is 40.8 Å². The zero-order valence-electron chi connectivity index (χ0n) is 10.3. The number of guanidine groups is 1. The molecule has 0 bridgehead atoms. The number of halogens is 8. The van der Waals surface area contributed by atoms with Gasteiger partial charge in [0.1, 0.15) is 0 Å². The van der Waals surface area contributed by atoms with Crippen LogP contribution in [0.1, 0.15) is 0 Å². The zero-order valence-corrected chi connectivity index (χ0v) is 20.5. The van der Waals surface area contributed by atoms with Gasteiger partial charge in [-0.2, -0.15) is 9.98 Å². The summed E-state index contributed by atoms with van der Waals surface area (Å²) in [6, 6.07) is 0. The van der Waals surface area contributed by atoms with Crippen molar-refractivity contribution >= 4 is 138 Å². The number of hydrogen-bond acceptors (Lipinski definition) is 5. The standard InChI is InChI=1S/C10HBr5Cl3N5/c11-2-1-3(12)5-20-7(10(16,17)18)22-8-21-6(9(13,14)15)19-4(2)23(5)8/h1H. The molecule has 3 aliphatic rings. The first kappa shape index (κ1) is 19.0. The molecule has 23 heavy (non-hydrogen) atoms. The van der Waals surface area contributed by atoms with Crippen molar-refractivity contribution in [3.05, 3.63) is 20.9 Å². The van der Waals surface area contributed by atoms with Crippen molar-refractivity contribution in [2.45, 2.75) is 5.94 Å². The van der Waals surface area contributed by atoms with Gasteiger partial charge in [0.05, 0.1) is 8.96 Å². The summed E-state index contributed by atoms with van der Waals surface area (Å²) < 4.78 is -1.22. The minimum absolute atomic E-state index is 0.0146. The van der Waals surface area contributed by atoms with E-state index in [1.807, 2.05) is 0 Å². The lowest BCUT2D eigenvalue weighted by Crippen LogP contribution is -2.45. The highest BCUT2D eigenvalue weighted by Gasteiger charge is 2.42. The first-order valence-electron chi connectivity index (χ1n) is 5.55. The quantitative estimate of drug-likeness (QED) is 0.290. The van der Waals surface area contributed by atoms with Crippen LogP contribution in [0.2, 0.25) is 0 Å². The zero-order chi connectivity index (χ0) is 17.2. The molecule has 3 aliphatic heterocycles. The summed E-state index contributed by atoms with van der Waals surface area (Å²) in [5.41, 5.74) is 0. The summed E-state index contributed by atoms with van der Waals surface area (Å²) in [4.78, 5) is 19.1. The van der Waals surface area contributed by atoms with Crippen molar-refractivity contribution < 1.29 is 0 Å². The molecule has 0 saturated heterocycles. The molecule has 3 heterocycles. The molecule has 13 heteroatoms. The smallest absolute Gasteiger partial charge is 0.244 e. The van der Waals surface area contributed by atoms with Gasteiger partial charge in [0.2, 0.25) is 9.75 Å². The molecule has 0 saturated carbocycles. The van der Waals surface area contributed by atoms with Crippen molar-refractivity contribution in [3.63, 3.8) is 0 Å². The van der Waals surface area contributed by atoms with E-state index in [9.17, 15) is 0 Å². The molecular formula is C10HBr5Cl3N5. The maximum absolute atomic E-state index is 5.93. The molecule has 0 aromatic rings. The van der Waals surface area contributed by atoms with Gasteiger partial charge in [-0.05, 0) is 37.9 Å². The highest BCUT2D eigenvalue weighted by Crippen LogP contribution is 2.41. The summed E-state index contributed by atoms with van der Waals surface area (Å²) in [5.74, 6) is 1.71. The highest BCUT2D eigenvalue weighted by atomic mass is 80.0. The van der Waals surface area contributed by atoms with Gasteiger partial charge in [-0.1, -0.05) is 82.6 Å². The van der Waals surface area contributed by atoms with Crippen LogP contribution in [0.5, 0.6) is 0 Å². The van der Waals surface area contributed by atoms with Gasteiger partial charge >= 0.3 is 0 Å². The van der Waals surface area contributed by atoms with E-state index in [0.717, 1.165) is 4.48 Å². The minimum Gasteiger partial charge on any atom is -0.244 e. The first-order valence-corrected chi connectivity index (χ1v) is 10.6. The number of allylic oxidation sites excluding steroid dienone is 2. The second-order valence-electron chi connectivity index (χ2n) is 4.21. The lowest BCUT2D eigenvalue weighted by Gasteiger charge is -2.35. The number of amidine groups is 3. The molecule has 0 amide bonds. The maximum Gasteiger partial charge on any atom is 0.250 e. The topological polar surface area (TPSA) is 52.7 Å². The molecular weight excluding hydrogens is 696 g/mol. The van der Waals surface area contributed by atoms with Crippen LogP contribution >= 0.6 is 114 Å². The molecule has 3 rings (SSSR count). The third kappa shape index (κ3) is 3.70. The third-order valence-electron chi connectivity index (χ3n) is 2.65. The van der Waals surface area contributed by atoms with E-state index in [1.54, 1.807) is 11.0 Å². The number of nitrogens with zero attached hydrogens (tertiary/aromatic N) is 5. The van der Waals surface area contributed by atoms with Gasteiger partial charge in [-0.15, -0.1) is 0 Å². The lowest BCUT2D eigenvalue weighted by molar-refractivity contribution is 0.705. The van der Waals surface area contributed by atoms with Crippen molar-refractivity contribution in [2.75, 3.05) is 0 Å². The Hall–Kier alpha value is 1.23. The Morgan fingerprint density at radius 3 is 2.13 bits per heavy atom. The molecule has 122 valence electrons. The van der Waals surface area contributed by atoms with Gasteiger partial charge in [-0.3, -0.25) is 0 Å². The molecule has 0 fully saturated rings. The van der Waals surface area contributed by atoms with E-state index < -0.39 is 5.94 Å². The molecule has 0 spiro atoms. The van der Waals surface area contributed by atoms with E-state index in [2.05, 4.69) is 99.6 Å². The molecule has 0 unspecified atom stereocenters. The number of rotatable bonds is 0. The van der Waals surface area contributed by atoms with Gasteiger partial charge in [0, 0.05) is 0 Å². The predicted octanol–water partition coefficient (Wildman–Crippen LogP) is 5.93. The largest absolute Gasteiger partial charge is 0.250 e. The summed E-state index contributed by atoms with van der Waals surface area (Å²) in [6.45, 7) is 0. The van der Waals surface area contributed by atoms with Crippen LogP contribution in [-0.2, 0) is 0 Å². The predicted molar refractivity (Wildman–Crippen MR) is 114 cm³/mol. The van der Waals surface area contributed by atoms with E-state index in [1.165, 1.54) is 0 Å². The van der Waals surface area contributed by atoms with Crippen LogP contribution in [0.4, 0.5) is 0 Å².